The van der Waals surface area contributed by atoms with E-state index in [1.54, 1.807) is 30.5 Å². The zero-order chi connectivity index (χ0) is 16.7. The molecule has 23 heavy (non-hydrogen) atoms. The van der Waals surface area contributed by atoms with Crippen LogP contribution in [0.15, 0.2) is 53.6 Å². The molecule has 0 saturated carbocycles. The van der Waals surface area contributed by atoms with Gasteiger partial charge in [0.15, 0.2) is 0 Å². The number of rotatable bonds is 6. The van der Waals surface area contributed by atoms with Crippen LogP contribution in [0.2, 0.25) is 5.02 Å². The van der Waals surface area contributed by atoms with Crippen LogP contribution in [0.3, 0.4) is 0 Å². The van der Waals surface area contributed by atoms with Crippen molar-refractivity contribution in [3.63, 3.8) is 0 Å². The summed E-state index contributed by atoms with van der Waals surface area (Å²) in [6.45, 7) is 4.07. The molecule has 0 bridgehead atoms. The average Bonchev–Trinajstić information content (AvgIpc) is 2.56. The third-order valence-electron chi connectivity index (χ3n) is 3.28. The van der Waals surface area contributed by atoms with Gasteiger partial charge in [0.2, 0.25) is 0 Å². The van der Waals surface area contributed by atoms with Gasteiger partial charge >= 0.3 is 0 Å². The molecule has 0 radical (unpaired) electrons. The van der Waals surface area contributed by atoms with Crippen LogP contribution in [-0.4, -0.2) is 18.2 Å². The van der Waals surface area contributed by atoms with Crippen LogP contribution in [0.5, 0.6) is 5.75 Å². The maximum atomic E-state index is 12.0. The number of hydrogen-bond donors (Lipinski definition) is 1. The second kappa shape index (κ2) is 8.34. The van der Waals surface area contributed by atoms with Crippen molar-refractivity contribution in [1.29, 1.82) is 0 Å². The predicted molar refractivity (Wildman–Crippen MR) is 93.3 cm³/mol. The maximum absolute atomic E-state index is 12.0. The van der Waals surface area contributed by atoms with Crippen molar-refractivity contribution in [2.75, 3.05) is 0 Å². The summed E-state index contributed by atoms with van der Waals surface area (Å²) < 4.78 is 5.83. The van der Waals surface area contributed by atoms with Crippen molar-refractivity contribution in [3.05, 3.63) is 64.7 Å². The summed E-state index contributed by atoms with van der Waals surface area (Å²) >= 11 is 5.87. The molecular formula is C18H19ClN2O2. The topological polar surface area (TPSA) is 50.7 Å². The first kappa shape index (κ1) is 17.0. The van der Waals surface area contributed by atoms with Crippen LogP contribution in [0, 0.1) is 0 Å². The zero-order valence-corrected chi connectivity index (χ0v) is 13.9. The monoisotopic (exact) mass is 330 g/mol. The minimum absolute atomic E-state index is 0.116. The minimum Gasteiger partial charge on any atom is -0.490 e. The normalized spacial score (nSPS) is 12.1. The number of halogens is 1. The molecule has 120 valence electrons. The highest BCUT2D eigenvalue weighted by atomic mass is 35.5. The van der Waals surface area contributed by atoms with Crippen LogP contribution in [-0.2, 0) is 0 Å². The number of benzene rings is 2. The molecule has 0 aromatic heterocycles. The van der Waals surface area contributed by atoms with E-state index < -0.39 is 0 Å². The zero-order valence-electron chi connectivity index (χ0n) is 13.1. The van der Waals surface area contributed by atoms with E-state index in [0.29, 0.717) is 10.6 Å². The van der Waals surface area contributed by atoms with E-state index in [1.165, 1.54) is 0 Å². The molecule has 1 atom stereocenters. The predicted octanol–water partition coefficient (Wildman–Crippen LogP) is 4.28. The molecule has 0 aliphatic rings. The number of carbonyl (C=O) groups excluding carboxylic acids is 1. The number of nitrogens with one attached hydrogen (secondary N) is 1. The summed E-state index contributed by atoms with van der Waals surface area (Å²) in [7, 11) is 0. The molecule has 0 aliphatic heterocycles. The number of amides is 1. The molecule has 5 heteroatoms. The first-order valence-electron chi connectivity index (χ1n) is 7.44. The quantitative estimate of drug-likeness (QED) is 0.634. The van der Waals surface area contributed by atoms with Gasteiger partial charge in [-0.1, -0.05) is 36.7 Å². The number of ether oxygens (including phenoxy) is 1. The Morgan fingerprint density at radius 1 is 1.30 bits per heavy atom. The van der Waals surface area contributed by atoms with E-state index in [2.05, 4.69) is 17.5 Å². The van der Waals surface area contributed by atoms with Gasteiger partial charge in [0.1, 0.15) is 5.75 Å². The van der Waals surface area contributed by atoms with Crippen molar-refractivity contribution in [2.45, 2.75) is 26.4 Å². The first-order valence-corrected chi connectivity index (χ1v) is 7.82. The number of nitrogens with zero attached hydrogens (tertiary/aromatic N) is 1. The molecule has 2 rings (SSSR count). The summed E-state index contributed by atoms with van der Waals surface area (Å²) in [5.74, 6) is 0.423. The molecular weight excluding hydrogens is 312 g/mol. The highest BCUT2D eigenvalue weighted by Crippen LogP contribution is 2.18. The lowest BCUT2D eigenvalue weighted by molar-refractivity contribution is 0.0955. The van der Waals surface area contributed by atoms with Gasteiger partial charge in [0, 0.05) is 16.1 Å². The molecule has 0 saturated heterocycles. The van der Waals surface area contributed by atoms with Crippen LogP contribution < -0.4 is 10.2 Å². The first-order chi connectivity index (χ1) is 11.1. The molecule has 1 N–H and O–H groups in total. The molecule has 0 fully saturated rings. The summed E-state index contributed by atoms with van der Waals surface area (Å²) in [5, 5.41) is 4.50. The Morgan fingerprint density at radius 2 is 2.09 bits per heavy atom. The minimum atomic E-state index is -0.316. The molecule has 2 aromatic rings. The van der Waals surface area contributed by atoms with E-state index >= 15 is 0 Å². The van der Waals surface area contributed by atoms with Gasteiger partial charge in [-0.15, -0.1) is 0 Å². The van der Waals surface area contributed by atoms with Gasteiger partial charge in [-0.05, 0) is 43.7 Å². The molecule has 4 nitrogen and oxygen atoms in total. The number of para-hydroxylation sites is 1. The summed E-state index contributed by atoms with van der Waals surface area (Å²) in [6, 6.07) is 14.3. The lowest BCUT2D eigenvalue weighted by Crippen LogP contribution is -2.17. The SMILES string of the molecule is CC[C@H](C)Oc1ccccc1/C=N\NC(=O)c1cccc(Cl)c1. The molecule has 0 aliphatic carbocycles. The van der Waals surface area contributed by atoms with Crippen molar-refractivity contribution in [2.24, 2.45) is 5.10 Å². The summed E-state index contributed by atoms with van der Waals surface area (Å²) in [5.41, 5.74) is 3.75. The van der Waals surface area contributed by atoms with Crippen molar-refractivity contribution in [3.8, 4) is 5.75 Å². The largest absolute Gasteiger partial charge is 0.490 e. The smallest absolute Gasteiger partial charge is 0.271 e. The fourth-order valence-corrected chi connectivity index (χ4v) is 2.04. The van der Waals surface area contributed by atoms with Crippen LogP contribution >= 0.6 is 11.6 Å². The molecule has 0 heterocycles. The van der Waals surface area contributed by atoms with E-state index in [4.69, 9.17) is 16.3 Å². The highest BCUT2D eigenvalue weighted by molar-refractivity contribution is 6.30. The van der Waals surface area contributed by atoms with Gasteiger partial charge in [-0.25, -0.2) is 5.43 Å². The lowest BCUT2D eigenvalue weighted by Gasteiger charge is -2.14. The van der Waals surface area contributed by atoms with Crippen LogP contribution in [0.25, 0.3) is 0 Å². The Hall–Kier alpha value is -2.33. The Balaban J connectivity index is 2.04. The van der Waals surface area contributed by atoms with E-state index in [-0.39, 0.29) is 12.0 Å². The average molecular weight is 331 g/mol. The van der Waals surface area contributed by atoms with E-state index in [0.717, 1.165) is 17.7 Å². The van der Waals surface area contributed by atoms with Gasteiger partial charge in [0.05, 0.1) is 12.3 Å². The Bertz CT molecular complexity index is 701. The highest BCUT2D eigenvalue weighted by Gasteiger charge is 2.06. The van der Waals surface area contributed by atoms with Crippen LogP contribution in [0.1, 0.15) is 36.2 Å². The molecule has 0 spiro atoms. The third kappa shape index (κ3) is 5.11. The van der Waals surface area contributed by atoms with Gasteiger partial charge in [0.25, 0.3) is 5.91 Å². The van der Waals surface area contributed by atoms with Gasteiger partial charge in [-0.3, -0.25) is 4.79 Å². The van der Waals surface area contributed by atoms with Crippen molar-refractivity contribution < 1.29 is 9.53 Å². The van der Waals surface area contributed by atoms with Crippen molar-refractivity contribution >= 4 is 23.7 Å². The lowest BCUT2D eigenvalue weighted by atomic mass is 10.2. The number of hydrazone groups is 1. The second-order valence-corrected chi connectivity index (χ2v) is 5.52. The fourth-order valence-electron chi connectivity index (χ4n) is 1.85. The van der Waals surface area contributed by atoms with E-state index in [9.17, 15) is 4.79 Å². The Labute approximate surface area is 141 Å². The molecule has 0 unspecified atom stereocenters. The summed E-state index contributed by atoms with van der Waals surface area (Å²) in [4.78, 5) is 12.0. The van der Waals surface area contributed by atoms with Gasteiger partial charge < -0.3 is 4.74 Å². The Kier molecular flexibility index (Phi) is 6.18. The maximum Gasteiger partial charge on any atom is 0.271 e. The summed E-state index contributed by atoms with van der Waals surface area (Å²) in [6.07, 6.45) is 2.60. The molecule has 2 aromatic carbocycles. The van der Waals surface area contributed by atoms with Gasteiger partial charge in [-0.2, -0.15) is 5.10 Å². The fraction of sp³-hybridized carbons (Fsp3) is 0.222. The second-order valence-electron chi connectivity index (χ2n) is 5.08. The number of hydrogen-bond acceptors (Lipinski definition) is 3. The standard InChI is InChI=1S/C18H19ClN2O2/c1-3-13(2)23-17-10-5-4-7-15(17)12-20-21-18(22)14-8-6-9-16(19)11-14/h4-13H,3H2,1-2H3,(H,21,22)/b20-12-/t13-/m0/s1. The molecule has 1 amide bonds. The van der Waals surface area contributed by atoms with Crippen molar-refractivity contribution in [1.82, 2.24) is 5.43 Å². The Morgan fingerprint density at radius 3 is 2.83 bits per heavy atom. The number of carbonyl (C=O) groups is 1. The third-order valence-corrected chi connectivity index (χ3v) is 3.51. The van der Waals surface area contributed by atoms with E-state index in [1.807, 2.05) is 31.2 Å². The van der Waals surface area contributed by atoms with Crippen LogP contribution in [0.4, 0.5) is 0 Å².